The predicted molar refractivity (Wildman–Crippen MR) is 75.4 cm³/mol. The normalized spacial score (nSPS) is 22.6. The Morgan fingerprint density at radius 1 is 1.58 bits per heavy atom. The number of aromatic nitrogens is 2. The van der Waals surface area contributed by atoms with Crippen molar-refractivity contribution in [3.63, 3.8) is 0 Å². The van der Waals surface area contributed by atoms with Crippen molar-refractivity contribution < 1.29 is 4.79 Å². The highest BCUT2D eigenvalue weighted by molar-refractivity contribution is 6.29. The number of carbonyl (C=O) groups excluding carboxylic acids is 1. The van der Waals surface area contributed by atoms with Crippen LogP contribution in [-0.4, -0.2) is 36.0 Å². The highest BCUT2D eigenvalue weighted by atomic mass is 35.5. The lowest BCUT2D eigenvalue weighted by Gasteiger charge is -2.23. The van der Waals surface area contributed by atoms with Gasteiger partial charge >= 0.3 is 0 Å². The van der Waals surface area contributed by atoms with Crippen molar-refractivity contribution in [2.75, 3.05) is 25.0 Å². The first-order valence-electron chi connectivity index (χ1n) is 6.49. The first kappa shape index (κ1) is 14.1. The number of aryl methyl sites for hydroxylation is 1. The summed E-state index contributed by atoms with van der Waals surface area (Å²) in [5.74, 6) is 1.62. The van der Waals surface area contributed by atoms with Gasteiger partial charge in [-0.1, -0.05) is 18.5 Å². The van der Waals surface area contributed by atoms with Gasteiger partial charge in [0.15, 0.2) is 0 Å². The van der Waals surface area contributed by atoms with Crippen molar-refractivity contribution >= 4 is 23.3 Å². The summed E-state index contributed by atoms with van der Waals surface area (Å²) in [5, 5.41) is 3.18. The summed E-state index contributed by atoms with van der Waals surface area (Å²) in [7, 11) is 1.67. The van der Waals surface area contributed by atoms with Crippen LogP contribution in [0.3, 0.4) is 0 Å². The average Bonchev–Trinajstić information content (AvgIpc) is 2.81. The number of nitrogens with zero attached hydrogens (tertiary/aromatic N) is 3. The molecular formula is C13H19ClN4O. The molecule has 5 nitrogen and oxygen atoms in total. The van der Waals surface area contributed by atoms with E-state index in [2.05, 4.69) is 20.2 Å². The van der Waals surface area contributed by atoms with E-state index in [1.54, 1.807) is 13.1 Å². The zero-order valence-electron chi connectivity index (χ0n) is 11.5. The van der Waals surface area contributed by atoms with E-state index in [4.69, 9.17) is 11.6 Å². The molecule has 0 spiro atoms. The smallest absolute Gasteiger partial charge is 0.227 e. The molecular weight excluding hydrogens is 264 g/mol. The number of amides is 1. The molecule has 6 heteroatoms. The van der Waals surface area contributed by atoms with Gasteiger partial charge in [0.2, 0.25) is 5.91 Å². The molecule has 0 aromatic carbocycles. The number of halogens is 1. The van der Waals surface area contributed by atoms with E-state index < -0.39 is 0 Å². The van der Waals surface area contributed by atoms with Gasteiger partial charge in [0.1, 0.15) is 16.8 Å². The lowest BCUT2D eigenvalue weighted by molar-refractivity contribution is -0.128. The molecule has 0 aliphatic carbocycles. The largest absolute Gasteiger partial charge is 0.359 e. The van der Waals surface area contributed by atoms with Crippen LogP contribution in [0.5, 0.6) is 0 Å². The molecule has 2 rings (SSSR count). The molecule has 1 aromatic heterocycles. The van der Waals surface area contributed by atoms with Crippen LogP contribution >= 0.6 is 11.6 Å². The van der Waals surface area contributed by atoms with Crippen LogP contribution in [0.25, 0.3) is 0 Å². The van der Waals surface area contributed by atoms with Crippen LogP contribution in [0.1, 0.15) is 26.1 Å². The quantitative estimate of drug-likeness (QED) is 0.857. The van der Waals surface area contributed by atoms with Gasteiger partial charge in [0.25, 0.3) is 0 Å². The molecule has 1 atom stereocenters. The third-order valence-corrected chi connectivity index (χ3v) is 3.81. The summed E-state index contributed by atoms with van der Waals surface area (Å²) < 4.78 is 0. The molecule has 1 aliphatic rings. The lowest BCUT2D eigenvalue weighted by Crippen LogP contribution is -2.39. The maximum atomic E-state index is 11.9. The maximum absolute atomic E-state index is 11.9. The average molecular weight is 283 g/mol. The molecule has 1 unspecified atom stereocenters. The first-order chi connectivity index (χ1) is 8.98. The minimum absolute atomic E-state index is 0.0749. The fraction of sp³-hybridized carbons (Fsp3) is 0.615. The van der Waals surface area contributed by atoms with Crippen molar-refractivity contribution in [2.45, 2.75) is 26.7 Å². The standard InChI is InChI=1S/C13H19ClN4O/c1-4-10-16-9(14)7-11(17-10)18-6-5-13(2,8-18)12(19)15-3/h7H,4-6,8H2,1-3H3,(H,15,19). The van der Waals surface area contributed by atoms with Gasteiger partial charge in [-0.15, -0.1) is 0 Å². The Morgan fingerprint density at radius 3 is 2.95 bits per heavy atom. The van der Waals surface area contributed by atoms with Gasteiger partial charge in [0.05, 0.1) is 5.41 Å². The minimum atomic E-state index is -0.363. The second kappa shape index (κ2) is 5.33. The molecule has 1 fully saturated rings. The van der Waals surface area contributed by atoms with E-state index in [9.17, 15) is 4.79 Å². The highest BCUT2D eigenvalue weighted by Gasteiger charge is 2.40. The molecule has 1 amide bonds. The fourth-order valence-electron chi connectivity index (χ4n) is 2.42. The predicted octanol–water partition coefficient (Wildman–Crippen LogP) is 1.65. The van der Waals surface area contributed by atoms with E-state index >= 15 is 0 Å². The molecule has 104 valence electrons. The summed E-state index contributed by atoms with van der Waals surface area (Å²) in [4.78, 5) is 22.6. The Balaban J connectivity index is 2.21. The number of rotatable bonds is 3. The monoisotopic (exact) mass is 282 g/mol. The third kappa shape index (κ3) is 2.81. The molecule has 1 saturated heterocycles. The molecule has 1 aromatic rings. The molecule has 2 heterocycles. The van der Waals surface area contributed by atoms with Gasteiger partial charge in [-0.2, -0.15) is 0 Å². The van der Waals surface area contributed by atoms with Crippen LogP contribution in [0.4, 0.5) is 5.82 Å². The number of hydrogen-bond donors (Lipinski definition) is 1. The highest BCUT2D eigenvalue weighted by Crippen LogP contribution is 2.33. The van der Waals surface area contributed by atoms with E-state index in [0.29, 0.717) is 11.7 Å². The van der Waals surface area contributed by atoms with Crippen molar-refractivity contribution in [3.05, 3.63) is 17.0 Å². The summed E-state index contributed by atoms with van der Waals surface area (Å²) in [6.07, 6.45) is 1.56. The zero-order chi connectivity index (χ0) is 14.0. The third-order valence-electron chi connectivity index (χ3n) is 3.62. The summed E-state index contributed by atoms with van der Waals surface area (Å²) in [5.41, 5.74) is -0.363. The Hall–Kier alpha value is -1.36. The number of carbonyl (C=O) groups is 1. The van der Waals surface area contributed by atoms with E-state index in [1.165, 1.54) is 0 Å². The van der Waals surface area contributed by atoms with E-state index in [-0.39, 0.29) is 11.3 Å². The summed E-state index contributed by atoms with van der Waals surface area (Å²) in [6.45, 7) is 5.44. The number of hydrogen-bond acceptors (Lipinski definition) is 4. The molecule has 0 bridgehead atoms. The number of anilines is 1. The van der Waals surface area contributed by atoms with Crippen molar-refractivity contribution in [1.82, 2.24) is 15.3 Å². The van der Waals surface area contributed by atoms with Crippen LogP contribution in [0.15, 0.2) is 6.07 Å². The van der Waals surface area contributed by atoms with Gasteiger partial charge in [-0.05, 0) is 13.3 Å². The molecule has 0 radical (unpaired) electrons. The fourth-order valence-corrected chi connectivity index (χ4v) is 2.61. The Labute approximate surface area is 118 Å². The van der Waals surface area contributed by atoms with Crippen molar-refractivity contribution in [3.8, 4) is 0 Å². The topological polar surface area (TPSA) is 58.1 Å². The Bertz CT molecular complexity index is 494. The summed E-state index contributed by atoms with van der Waals surface area (Å²) >= 11 is 6.01. The van der Waals surface area contributed by atoms with Crippen LogP contribution < -0.4 is 10.2 Å². The van der Waals surface area contributed by atoms with Gasteiger partial charge in [-0.3, -0.25) is 4.79 Å². The summed E-state index contributed by atoms with van der Waals surface area (Å²) in [6, 6.07) is 1.76. The van der Waals surface area contributed by atoms with Gasteiger partial charge < -0.3 is 10.2 Å². The number of nitrogens with one attached hydrogen (secondary N) is 1. The SMILES string of the molecule is CCc1nc(Cl)cc(N2CCC(C)(C(=O)NC)C2)n1. The second-order valence-corrected chi connectivity index (χ2v) is 5.52. The molecule has 19 heavy (non-hydrogen) atoms. The van der Waals surface area contributed by atoms with Crippen LogP contribution in [-0.2, 0) is 11.2 Å². The zero-order valence-corrected chi connectivity index (χ0v) is 12.3. The van der Waals surface area contributed by atoms with Crippen molar-refractivity contribution in [1.29, 1.82) is 0 Å². The van der Waals surface area contributed by atoms with E-state index in [0.717, 1.165) is 31.0 Å². The molecule has 1 aliphatic heterocycles. The Morgan fingerprint density at radius 2 is 2.32 bits per heavy atom. The minimum Gasteiger partial charge on any atom is -0.359 e. The van der Waals surface area contributed by atoms with Crippen LogP contribution in [0.2, 0.25) is 5.15 Å². The van der Waals surface area contributed by atoms with Crippen molar-refractivity contribution in [2.24, 2.45) is 5.41 Å². The Kier molecular flexibility index (Phi) is 3.94. The lowest BCUT2D eigenvalue weighted by atomic mass is 9.89. The maximum Gasteiger partial charge on any atom is 0.227 e. The molecule has 1 N–H and O–H groups in total. The molecule has 0 saturated carbocycles. The van der Waals surface area contributed by atoms with Crippen LogP contribution in [0, 0.1) is 5.41 Å². The van der Waals surface area contributed by atoms with Gasteiger partial charge in [-0.25, -0.2) is 9.97 Å². The second-order valence-electron chi connectivity index (χ2n) is 5.13. The van der Waals surface area contributed by atoms with E-state index in [1.807, 2.05) is 13.8 Å². The first-order valence-corrected chi connectivity index (χ1v) is 6.87. The van der Waals surface area contributed by atoms with Gasteiger partial charge in [0, 0.05) is 32.6 Å².